The Morgan fingerprint density at radius 3 is 2.39 bits per heavy atom. The van der Waals surface area contributed by atoms with Gasteiger partial charge in [-0.05, 0) is 67.1 Å². The van der Waals surface area contributed by atoms with Gasteiger partial charge in [0.05, 0.1) is 24.5 Å². The molecule has 10 nitrogen and oxygen atoms in total. The zero-order chi connectivity index (χ0) is 31.6. The van der Waals surface area contributed by atoms with Gasteiger partial charge in [-0.25, -0.2) is 22.2 Å². The number of rotatable bonds is 7. The molecule has 1 atom stereocenters. The predicted molar refractivity (Wildman–Crippen MR) is 161 cm³/mol. The number of likely N-dealkylation sites (N-methyl/N-ethyl adjacent to an activating group) is 1. The Morgan fingerprint density at radius 1 is 1.05 bits per heavy atom. The lowest BCUT2D eigenvalue weighted by Crippen LogP contribution is -2.55. The number of sulfonamides is 1. The molecule has 2 aliphatic heterocycles. The Balaban J connectivity index is 1.50. The number of carbonyl (C=O) groups is 2. The number of morpholine rings is 1. The number of hydrogen-bond acceptors (Lipinski definition) is 7. The van der Waals surface area contributed by atoms with Crippen LogP contribution >= 0.6 is 11.6 Å². The molecule has 1 unspecified atom stereocenters. The summed E-state index contributed by atoms with van der Waals surface area (Å²) in [5.41, 5.74) is 1.91. The van der Waals surface area contributed by atoms with Crippen LogP contribution in [-0.4, -0.2) is 80.4 Å². The zero-order valence-electron chi connectivity index (χ0n) is 24.1. The number of halogens is 3. The normalized spacial score (nSPS) is 18.2. The maximum atomic E-state index is 13.9. The van der Waals surface area contributed by atoms with Crippen molar-refractivity contribution < 1.29 is 31.5 Å². The molecule has 0 saturated carbocycles. The molecule has 2 aliphatic rings. The largest absolute Gasteiger partial charge is 0.378 e. The summed E-state index contributed by atoms with van der Waals surface area (Å²) >= 11 is 6.77. The smallest absolute Gasteiger partial charge is 0.263 e. The highest BCUT2D eigenvalue weighted by Crippen LogP contribution is 2.38. The summed E-state index contributed by atoms with van der Waals surface area (Å²) in [7, 11) is -3.05. The van der Waals surface area contributed by atoms with E-state index in [0.29, 0.717) is 37.2 Å². The van der Waals surface area contributed by atoms with Crippen LogP contribution in [0.1, 0.15) is 40.2 Å². The number of nitrogens with zero attached hydrogens (tertiary/aromatic N) is 3. The van der Waals surface area contributed by atoms with E-state index in [2.05, 4.69) is 15.6 Å². The molecule has 2 fully saturated rings. The Kier molecular flexibility index (Phi) is 9.49. The van der Waals surface area contributed by atoms with E-state index in [0.717, 1.165) is 16.1 Å². The van der Waals surface area contributed by atoms with Gasteiger partial charge >= 0.3 is 0 Å². The van der Waals surface area contributed by atoms with Gasteiger partial charge < -0.3 is 20.3 Å². The first-order chi connectivity index (χ1) is 21.0. The summed E-state index contributed by atoms with van der Waals surface area (Å²) in [5, 5.41) is 4.61. The van der Waals surface area contributed by atoms with E-state index in [1.807, 2.05) is 0 Å². The summed E-state index contributed by atoms with van der Waals surface area (Å²) in [6.07, 6.45) is 2.44. The van der Waals surface area contributed by atoms with Crippen LogP contribution in [0.25, 0.3) is 0 Å². The summed E-state index contributed by atoms with van der Waals surface area (Å²) in [6, 6.07) is 9.16. The average molecular weight is 648 g/mol. The molecule has 3 aromatic rings. The molecule has 2 amide bonds. The maximum absolute atomic E-state index is 13.9. The van der Waals surface area contributed by atoms with Crippen LogP contribution in [0.4, 0.5) is 20.2 Å². The third-order valence-electron chi connectivity index (χ3n) is 7.97. The fraction of sp³-hybridized carbons (Fsp3) is 0.367. The molecule has 5 rings (SSSR count). The second-order valence-corrected chi connectivity index (χ2v) is 12.9. The molecule has 2 N–H and O–H groups in total. The van der Waals surface area contributed by atoms with Gasteiger partial charge in [0.1, 0.15) is 22.7 Å². The first-order valence-electron chi connectivity index (χ1n) is 14.1. The number of aryl methyl sites for hydroxylation is 1. The molecule has 3 heterocycles. The highest BCUT2D eigenvalue weighted by atomic mass is 35.5. The third-order valence-corrected chi connectivity index (χ3v) is 10.3. The van der Waals surface area contributed by atoms with Gasteiger partial charge in [0.2, 0.25) is 5.91 Å². The molecule has 234 valence electrons. The fourth-order valence-corrected chi connectivity index (χ4v) is 7.55. The number of likely N-dealkylation sites (tertiary alicyclic amines) is 1. The van der Waals surface area contributed by atoms with E-state index in [4.69, 9.17) is 16.3 Å². The van der Waals surface area contributed by atoms with Crippen molar-refractivity contribution in [2.75, 3.05) is 45.2 Å². The Hall–Kier alpha value is -3.65. The van der Waals surface area contributed by atoms with Crippen molar-refractivity contribution in [3.05, 3.63) is 82.0 Å². The Bertz CT molecular complexity index is 1670. The van der Waals surface area contributed by atoms with Crippen LogP contribution in [-0.2, 0) is 19.6 Å². The van der Waals surface area contributed by atoms with Crippen molar-refractivity contribution >= 4 is 44.8 Å². The van der Waals surface area contributed by atoms with Gasteiger partial charge in [0, 0.05) is 38.6 Å². The van der Waals surface area contributed by atoms with Crippen molar-refractivity contribution in [1.29, 1.82) is 0 Å². The summed E-state index contributed by atoms with van der Waals surface area (Å²) < 4.78 is 61.4. The first-order valence-corrected chi connectivity index (χ1v) is 15.9. The molecule has 1 aromatic heterocycles. The van der Waals surface area contributed by atoms with Gasteiger partial charge in [-0.3, -0.25) is 9.59 Å². The predicted octanol–water partition coefficient (Wildman–Crippen LogP) is 4.22. The van der Waals surface area contributed by atoms with Crippen molar-refractivity contribution in [2.24, 2.45) is 0 Å². The number of pyridine rings is 1. The van der Waals surface area contributed by atoms with Gasteiger partial charge in [-0.15, -0.1) is 0 Å². The van der Waals surface area contributed by atoms with Crippen molar-refractivity contribution in [2.45, 2.75) is 36.8 Å². The van der Waals surface area contributed by atoms with E-state index in [1.165, 1.54) is 37.4 Å². The van der Waals surface area contributed by atoms with Crippen molar-refractivity contribution in [1.82, 2.24) is 19.5 Å². The van der Waals surface area contributed by atoms with Gasteiger partial charge in [0.25, 0.3) is 15.9 Å². The first kappa shape index (κ1) is 31.8. The Labute approximate surface area is 259 Å². The molecular weight excluding hydrogens is 616 g/mol. The average Bonchev–Trinajstić information content (AvgIpc) is 3.02. The number of amides is 2. The second kappa shape index (κ2) is 13.1. The standard InChI is InChI=1S/C30H32ClF2N5O5S/c1-18-15-22(33)7-8-24(18)36-27-23(30(40)37-11-9-20(10-12-37)19-3-5-21(32)6-4-19)16-35-29(26(27)31)44(41,42)38-13-14-43-17-25(38)28(39)34-2/h3-8,15-16,20,25H,9-14,17H2,1-2H3,(H,34,39)(H,35,36). The van der Waals surface area contributed by atoms with Crippen molar-refractivity contribution in [3.8, 4) is 0 Å². The molecule has 0 aliphatic carbocycles. The summed E-state index contributed by atoms with van der Waals surface area (Å²) in [4.78, 5) is 32.2. The number of piperidine rings is 1. The summed E-state index contributed by atoms with van der Waals surface area (Å²) in [5.74, 6) is -1.61. The highest BCUT2D eigenvalue weighted by Gasteiger charge is 2.41. The SMILES string of the molecule is CNC(=O)C1COCCN1S(=O)(=O)c1ncc(C(=O)N2CCC(c3ccc(F)cc3)CC2)c(Nc2ccc(F)cc2C)c1Cl. The number of ether oxygens (including phenoxy) is 1. The molecule has 14 heteroatoms. The third kappa shape index (κ3) is 6.41. The number of benzene rings is 2. The topological polar surface area (TPSA) is 121 Å². The number of aromatic nitrogens is 1. The Morgan fingerprint density at radius 2 is 1.73 bits per heavy atom. The van der Waals surface area contributed by atoms with Crippen LogP contribution in [0.2, 0.25) is 5.02 Å². The minimum Gasteiger partial charge on any atom is -0.378 e. The van der Waals surface area contributed by atoms with E-state index in [-0.39, 0.29) is 47.8 Å². The molecule has 2 saturated heterocycles. The highest BCUT2D eigenvalue weighted by molar-refractivity contribution is 7.89. The van der Waals surface area contributed by atoms with Crippen LogP contribution in [0.3, 0.4) is 0 Å². The molecular formula is C30H32ClF2N5O5S. The minimum absolute atomic E-state index is 0.00893. The number of anilines is 2. The van der Waals surface area contributed by atoms with E-state index in [9.17, 15) is 26.8 Å². The lowest BCUT2D eigenvalue weighted by molar-refractivity contribution is -0.128. The number of nitrogens with one attached hydrogen (secondary N) is 2. The van der Waals surface area contributed by atoms with Crippen molar-refractivity contribution in [3.63, 3.8) is 0 Å². The molecule has 2 aromatic carbocycles. The second-order valence-electron chi connectivity index (χ2n) is 10.7. The lowest BCUT2D eigenvalue weighted by Gasteiger charge is -2.34. The van der Waals surface area contributed by atoms with Gasteiger partial charge in [0.15, 0.2) is 5.03 Å². The fourth-order valence-electron chi connectivity index (χ4n) is 5.52. The van der Waals surface area contributed by atoms with Gasteiger partial charge in [-0.1, -0.05) is 23.7 Å². The van der Waals surface area contributed by atoms with Crippen LogP contribution in [0.5, 0.6) is 0 Å². The number of hydrogen-bond donors (Lipinski definition) is 2. The number of carbonyl (C=O) groups excluding carboxylic acids is 2. The van der Waals surface area contributed by atoms with Gasteiger partial charge in [-0.2, -0.15) is 4.31 Å². The quantitative estimate of drug-likeness (QED) is 0.394. The zero-order valence-corrected chi connectivity index (χ0v) is 25.7. The minimum atomic E-state index is -4.44. The van der Waals surface area contributed by atoms with Crippen LogP contribution < -0.4 is 10.6 Å². The van der Waals surface area contributed by atoms with Crippen LogP contribution in [0, 0.1) is 18.6 Å². The molecule has 0 spiro atoms. The van der Waals surface area contributed by atoms with E-state index >= 15 is 0 Å². The molecule has 0 bridgehead atoms. The lowest BCUT2D eigenvalue weighted by atomic mass is 9.89. The van der Waals surface area contributed by atoms with E-state index in [1.54, 1.807) is 24.0 Å². The van der Waals surface area contributed by atoms with E-state index < -0.39 is 38.7 Å². The summed E-state index contributed by atoms with van der Waals surface area (Å²) in [6.45, 7) is 2.25. The monoisotopic (exact) mass is 647 g/mol. The molecule has 0 radical (unpaired) electrons. The maximum Gasteiger partial charge on any atom is 0.263 e. The van der Waals surface area contributed by atoms with Crippen LogP contribution in [0.15, 0.2) is 53.7 Å². The molecule has 44 heavy (non-hydrogen) atoms.